The van der Waals surface area contributed by atoms with E-state index in [0.717, 1.165) is 5.76 Å². The van der Waals surface area contributed by atoms with Crippen molar-refractivity contribution < 1.29 is 23.2 Å². The summed E-state index contributed by atoms with van der Waals surface area (Å²) in [6, 6.07) is 7.04. The number of urea groups is 1. The number of amides is 2. The Balaban J connectivity index is 1.61. The van der Waals surface area contributed by atoms with Gasteiger partial charge in [0.2, 0.25) is 0 Å². The van der Waals surface area contributed by atoms with Crippen LogP contribution in [0.1, 0.15) is 35.4 Å². The Kier molecular flexibility index (Phi) is 6.18. The second kappa shape index (κ2) is 8.78. The van der Waals surface area contributed by atoms with E-state index < -0.39 is 18.0 Å². The maximum atomic E-state index is 12.2. The molecule has 3 rings (SSSR count). The zero-order chi connectivity index (χ0) is 21.0. The SMILES string of the molecule is Cc1cc(-c2nnc(COC(=O)C[C@H](NC(N)=O)c3ccc(Cl)cc3)o2)c(C)o1. The first-order valence-corrected chi connectivity index (χ1v) is 9.06. The second-order valence-corrected chi connectivity index (χ2v) is 6.74. The van der Waals surface area contributed by atoms with Crippen LogP contribution in [0.5, 0.6) is 0 Å². The van der Waals surface area contributed by atoms with Crippen LogP contribution in [0.4, 0.5) is 4.79 Å². The van der Waals surface area contributed by atoms with Crippen molar-refractivity contribution >= 4 is 23.6 Å². The van der Waals surface area contributed by atoms with Gasteiger partial charge in [-0.1, -0.05) is 23.7 Å². The van der Waals surface area contributed by atoms with E-state index in [0.29, 0.717) is 21.9 Å². The van der Waals surface area contributed by atoms with Crippen LogP contribution in [0.3, 0.4) is 0 Å². The minimum atomic E-state index is -0.759. The Morgan fingerprint density at radius 3 is 2.55 bits per heavy atom. The minimum absolute atomic E-state index is 0.133. The number of nitrogens with zero attached hydrogens (tertiary/aromatic N) is 2. The van der Waals surface area contributed by atoms with Crippen LogP contribution >= 0.6 is 11.6 Å². The van der Waals surface area contributed by atoms with E-state index >= 15 is 0 Å². The predicted molar refractivity (Wildman–Crippen MR) is 103 cm³/mol. The summed E-state index contributed by atoms with van der Waals surface area (Å²) in [6.07, 6.45) is -0.133. The van der Waals surface area contributed by atoms with Crippen LogP contribution in [0.2, 0.25) is 5.02 Å². The molecule has 1 atom stereocenters. The third-order valence-corrected chi connectivity index (χ3v) is 4.31. The van der Waals surface area contributed by atoms with Crippen LogP contribution in [0.15, 0.2) is 39.2 Å². The fraction of sp³-hybridized carbons (Fsp3) is 0.263. The molecule has 2 aromatic heterocycles. The summed E-state index contributed by atoms with van der Waals surface area (Å²) in [6.45, 7) is 3.40. The number of carbonyl (C=O) groups excluding carboxylic acids is 2. The minimum Gasteiger partial charge on any atom is -0.466 e. The van der Waals surface area contributed by atoms with Gasteiger partial charge in [0.15, 0.2) is 6.61 Å². The summed E-state index contributed by atoms with van der Waals surface area (Å²) in [7, 11) is 0. The van der Waals surface area contributed by atoms with Crippen LogP contribution in [-0.2, 0) is 16.1 Å². The monoisotopic (exact) mass is 418 g/mol. The highest BCUT2D eigenvalue weighted by Crippen LogP contribution is 2.25. The second-order valence-electron chi connectivity index (χ2n) is 6.31. The summed E-state index contributed by atoms with van der Waals surface area (Å²) in [5, 5.41) is 10.9. The normalized spacial score (nSPS) is 11.8. The van der Waals surface area contributed by atoms with Crippen molar-refractivity contribution in [3.05, 3.63) is 58.3 Å². The van der Waals surface area contributed by atoms with Crippen molar-refractivity contribution in [2.75, 3.05) is 0 Å². The van der Waals surface area contributed by atoms with E-state index in [-0.39, 0.29) is 24.8 Å². The maximum Gasteiger partial charge on any atom is 0.312 e. The van der Waals surface area contributed by atoms with Gasteiger partial charge in [0, 0.05) is 5.02 Å². The van der Waals surface area contributed by atoms with Crippen LogP contribution in [0.25, 0.3) is 11.5 Å². The molecule has 0 saturated heterocycles. The molecule has 2 heterocycles. The number of benzene rings is 1. The van der Waals surface area contributed by atoms with Gasteiger partial charge >= 0.3 is 12.0 Å². The van der Waals surface area contributed by atoms with E-state index in [1.807, 2.05) is 6.92 Å². The average Bonchev–Trinajstić information content (AvgIpc) is 3.25. The molecule has 0 aliphatic rings. The van der Waals surface area contributed by atoms with E-state index in [4.69, 9.17) is 30.9 Å². The summed E-state index contributed by atoms with van der Waals surface area (Å²) in [5.74, 6) is 1.21. The van der Waals surface area contributed by atoms with Gasteiger partial charge in [-0.3, -0.25) is 4.79 Å². The lowest BCUT2D eigenvalue weighted by Gasteiger charge is -2.17. The Labute approximate surface area is 171 Å². The molecule has 3 aromatic rings. The average molecular weight is 419 g/mol. The molecule has 0 fully saturated rings. The first-order chi connectivity index (χ1) is 13.8. The molecule has 3 N–H and O–H groups in total. The number of ether oxygens (including phenoxy) is 1. The fourth-order valence-electron chi connectivity index (χ4n) is 2.75. The number of esters is 1. The molecule has 10 heteroatoms. The molecule has 9 nitrogen and oxygen atoms in total. The number of halogens is 1. The maximum absolute atomic E-state index is 12.2. The van der Waals surface area contributed by atoms with Crippen molar-refractivity contribution in [1.82, 2.24) is 15.5 Å². The van der Waals surface area contributed by atoms with Crippen LogP contribution in [0, 0.1) is 13.8 Å². The van der Waals surface area contributed by atoms with Crippen molar-refractivity contribution in [2.24, 2.45) is 5.73 Å². The first-order valence-electron chi connectivity index (χ1n) is 8.68. The predicted octanol–water partition coefficient (Wildman–Crippen LogP) is 3.44. The third-order valence-electron chi connectivity index (χ3n) is 4.05. The molecule has 0 bridgehead atoms. The van der Waals surface area contributed by atoms with Gasteiger partial charge in [0.05, 0.1) is 18.0 Å². The van der Waals surface area contributed by atoms with Gasteiger partial charge in [-0.05, 0) is 37.6 Å². The number of carbonyl (C=O) groups is 2. The highest BCUT2D eigenvalue weighted by Gasteiger charge is 2.20. The lowest BCUT2D eigenvalue weighted by atomic mass is 10.0. The number of hydrogen-bond acceptors (Lipinski definition) is 7. The quantitative estimate of drug-likeness (QED) is 0.561. The van der Waals surface area contributed by atoms with E-state index in [1.54, 1.807) is 37.3 Å². The highest BCUT2D eigenvalue weighted by molar-refractivity contribution is 6.30. The molecule has 29 heavy (non-hydrogen) atoms. The third kappa shape index (κ3) is 5.35. The number of nitrogens with two attached hydrogens (primary N) is 1. The Morgan fingerprint density at radius 1 is 1.21 bits per heavy atom. The number of aryl methyl sites for hydroxylation is 2. The summed E-state index contributed by atoms with van der Waals surface area (Å²) >= 11 is 5.87. The lowest BCUT2D eigenvalue weighted by Crippen LogP contribution is -2.34. The van der Waals surface area contributed by atoms with E-state index in [9.17, 15) is 9.59 Å². The van der Waals surface area contributed by atoms with Crippen molar-refractivity contribution in [3.8, 4) is 11.5 Å². The number of aromatic nitrogens is 2. The number of primary amides is 1. The Morgan fingerprint density at radius 2 is 1.93 bits per heavy atom. The molecule has 0 aliphatic heterocycles. The molecule has 0 radical (unpaired) electrons. The molecular formula is C19H19ClN4O5. The van der Waals surface area contributed by atoms with Gasteiger partial charge in [-0.15, -0.1) is 10.2 Å². The number of rotatable bonds is 7. The zero-order valence-corrected chi connectivity index (χ0v) is 16.5. The molecular weight excluding hydrogens is 400 g/mol. The first kappa shape index (κ1) is 20.4. The van der Waals surface area contributed by atoms with Gasteiger partial charge < -0.3 is 24.6 Å². The van der Waals surface area contributed by atoms with Gasteiger partial charge in [0.25, 0.3) is 11.8 Å². The number of furan rings is 1. The summed E-state index contributed by atoms with van der Waals surface area (Å²) in [5.41, 5.74) is 6.55. The van der Waals surface area contributed by atoms with Gasteiger partial charge in [0.1, 0.15) is 11.5 Å². The zero-order valence-electron chi connectivity index (χ0n) is 15.8. The molecule has 0 saturated carbocycles. The standard InChI is InChI=1S/C19H19ClN4O5/c1-10-7-14(11(2)28-10)18-24-23-16(29-18)9-27-17(25)8-15(22-19(21)26)12-3-5-13(20)6-4-12/h3-7,15H,8-9H2,1-2H3,(H3,21,22,26)/t15-/m0/s1. The van der Waals surface area contributed by atoms with Crippen molar-refractivity contribution in [3.63, 3.8) is 0 Å². The van der Waals surface area contributed by atoms with Crippen LogP contribution in [-0.4, -0.2) is 22.2 Å². The largest absolute Gasteiger partial charge is 0.466 e. The Bertz CT molecular complexity index is 1010. The lowest BCUT2D eigenvalue weighted by molar-refractivity contribution is -0.146. The topological polar surface area (TPSA) is 133 Å². The smallest absolute Gasteiger partial charge is 0.312 e. The molecule has 0 spiro atoms. The molecule has 0 unspecified atom stereocenters. The number of hydrogen-bond donors (Lipinski definition) is 2. The van der Waals surface area contributed by atoms with E-state index in [2.05, 4.69) is 15.5 Å². The van der Waals surface area contributed by atoms with Gasteiger partial charge in [-0.2, -0.15) is 0 Å². The number of nitrogens with one attached hydrogen (secondary N) is 1. The van der Waals surface area contributed by atoms with Gasteiger partial charge in [-0.25, -0.2) is 4.79 Å². The molecule has 1 aromatic carbocycles. The van der Waals surface area contributed by atoms with Crippen molar-refractivity contribution in [2.45, 2.75) is 32.9 Å². The van der Waals surface area contributed by atoms with Crippen LogP contribution < -0.4 is 11.1 Å². The fourth-order valence-corrected chi connectivity index (χ4v) is 2.88. The summed E-state index contributed by atoms with van der Waals surface area (Å²) in [4.78, 5) is 23.5. The highest BCUT2D eigenvalue weighted by atomic mass is 35.5. The van der Waals surface area contributed by atoms with E-state index in [1.165, 1.54) is 0 Å². The summed E-state index contributed by atoms with van der Waals surface area (Å²) < 4.78 is 16.1. The molecule has 152 valence electrons. The van der Waals surface area contributed by atoms with Crippen molar-refractivity contribution in [1.29, 1.82) is 0 Å². The Hall–Kier alpha value is -3.33. The molecule has 2 amide bonds. The molecule has 0 aliphatic carbocycles.